The Hall–Kier alpha value is -0.560. The minimum absolute atomic E-state index is 0.708. The molecule has 3 heterocycles. The zero-order chi connectivity index (χ0) is 23.9. The first-order chi connectivity index (χ1) is 15.0. The molecule has 3 saturated heterocycles. The Morgan fingerprint density at radius 3 is 1.66 bits per heavy atom. The van der Waals surface area contributed by atoms with Crippen LogP contribution in [0.5, 0.6) is 0 Å². The van der Waals surface area contributed by atoms with Crippen LogP contribution < -0.4 is 0 Å². The maximum atomic E-state index is 10.6. The molecule has 3 rings (SSSR count). The molecule has 3 aliphatic heterocycles. The summed E-state index contributed by atoms with van der Waals surface area (Å²) in [4.78, 5) is 0. The molecule has 9 N–H and O–H groups in total. The van der Waals surface area contributed by atoms with Crippen LogP contribution in [0, 0.1) is 0 Å². The van der Waals surface area contributed by atoms with Crippen molar-refractivity contribution in [2.45, 2.75) is 106 Å². The molecule has 0 amide bonds. The Morgan fingerprint density at radius 2 is 1.06 bits per heavy atom. The molecule has 0 aliphatic carbocycles. The first kappa shape index (κ1) is 26.1. The van der Waals surface area contributed by atoms with E-state index in [-0.39, 0.29) is 0 Å². The first-order valence-corrected chi connectivity index (χ1v) is 10.3. The smallest absolute Gasteiger partial charge is 0.187 e. The molecule has 0 radical (unpaired) electrons. The van der Waals surface area contributed by atoms with E-state index in [0.717, 1.165) is 0 Å². The van der Waals surface area contributed by atoms with E-state index in [9.17, 15) is 46.0 Å². The second kappa shape index (κ2) is 10.4. The maximum Gasteiger partial charge on any atom is 0.187 e. The third-order valence-corrected chi connectivity index (χ3v) is 6.02. The minimum Gasteiger partial charge on any atom is -0.394 e. The van der Waals surface area contributed by atoms with E-state index in [1.54, 1.807) is 0 Å². The van der Waals surface area contributed by atoms with E-state index in [0.29, 0.717) is 0 Å². The Labute approximate surface area is 183 Å². The average molecular weight is 472 g/mol. The zero-order valence-electron chi connectivity index (χ0n) is 17.4. The lowest BCUT2D eigenvalue weighted by Gasteiger charge is -2.47. The van der Waals surface area contributed by atoms with Crippen molar-refractivity contribution in [1.82, 2.24) is 0 Å². The highest BCUT2D eigenvalue weighted by atomic mass is 16.8. The quantitative estimate of drug-likeness (QED) is 0.182. The topological polar surface area (TPSA) is 228 Å². The van der Waals surface area contributed by atoms with Gasteiger partial charge in [-0.05, 0) is 13.8 Å². The van der Waals surface area contributed by atoms with Crippen molar-refractivity contribution >= 4 is 0 Å². The van der Waals surface area contributed by atoms with Crippen LogP contribution in [0.4, 0.5) is 0 Å². The number of aliphatic hydroxyl groups excluding tert-OH is 9. The van der Waals surface area contributed by atoms with E-state index in [2.05, 4.69) is 0 Å². The second-order valence-corrected chi connectivity index (χ2v) is 8.30. The van der Waals surface area contributed by atoms with E-state index in [1.165, 1.54) is 13.8 Å². The summed E-state index contributed by atoms with van der Waals surface area (Å²) in [5.41, 5.74) is 0. The average Bonchev–Trinajstić information content (AvgIpc) is 2.76. The van der Waals surface area contributed by atoms with Crippen LogP contribution in [0.15, 0.2) is 0 Å². The summed E-state index contributed by atoms with van der Waals surface area (Å²) in [5, 5.41) is 90.5. The van der Waals surface area contributed by atoms with E-state index in [1.807, 2.05) is 0 Å². The summed E-state index contributed by atoms with van der Waals surface area (Å²) < 4.78 is 27.0. The van der Waals surface area contributed by atoms with Gasteiger partial charge >= 0.3 is 0 Å². The molecular formula is C18H32O14. The van der Waals surface area contributed by atoms with E-state index >= 15 is 0 Å². The Morgan fingerprint density at radius 1 is 0.562 bits per heavy atom. The van der Waals surface area contributed by atoms with Crippen molar-refractivity contribution in [3.05, 3.63) is 0 Å². The largest absolute Gasteiger partial charge is 0.394 e. The SMILES string of the molecule is C[C@@H]1O[C@@H](O[C@@H]2[C@@H](O[C@@H]3O[C@H](CO)[C@@H](O)[C@H](O)[C@H]3O)[C@@H](O)[C@@H](C)O[C@H]2O)[C@H](O)[C@H](O)[C@H]1O. The summed E-state index contributed by atoms with van der Waals surface area (Å²) in [6, 6.07) is 0. The van der Waals surface area contributed by atoms with Gasteiger partial charge in [-0.25, -0.2) is 0 Å². The first-order valence-electron chi connectivity index (χ1n) is 10.3. The molecule has 14 heteroatoms. The normalized spacial score (nSPS) is 55.0. The number of hydrogen-bond donors (Lipinski definition) is 9. The maximum absolute atomic E-state index is 10.6. The van der Waals surface area contributed by atoms with Crippen LogP contribution in [0.3, 0.4) is 0 Å². The molecule has 0 spiro atoms. The lowest BCUT2D eigenvalue weighted by Crippen LogP contribution is -2.66. The number of rotatable bonds is 5. The zero-order valence-corrected chi connectivity index (χ0v) is 17.4. The predicted molar refractivity (Wildman–Crippen MR) is 98.4 cm³/mol. The fourth-order valence-corrected chi connectivity index (χ4v) is 3.92. The van der Waals surface area contributed by atoms with E-state index < -0.39 is 98.7 Å². The highest BCUT2D eigenvalue weighted by Crippen LogP contribution is 2.32. The van der Waals surface area contributed by atoms with Crippen molar-refractivity contribution in [2.75, 3.05) is 6.61 Å². The van der Waals surface area contributed by atoms with Crippen molar-refractivity contribution in [3.8, 4) is 0 Å². The molecule has 32 heavy (non-hydrogen) atoms. The number of hydrogen-bond acceptors (Lipinski definition) is 14. The van der Waals surface area contributed by atoms with Crippen LogP contribution in [0.2, 0.25) is 0 Å². The van der Waals surface area contributed by atoms with Crippen molar-refractivity contribution in [2.24, 2.45) is 0 Å². The number of aliphatic hydroxyl groups is 9. The van der Waals surface area contributed by atoms with Crippen LogP contribution in [0.1, 0.15) is 13.8 Å². The monoisotopic (exact) mass is 472 g/mol. The molecule has 15 atom stereocenters. The second-order valence-electron chi connectivity index (χ2n) is 8.30. The summed E-state index contributed by atoms with van der Waals surface area (Å²) in [5.74, 6) is 0. The predicted octanol–water partition coefficient (Wildman–Crippen LogP) is -5.52. The van der Waals surface area contributed by atoms with Gasteiger partial charge < -0.3 is 69.6 Å². The molecule has 0 aromatic heterocycles. The lowest BCUT2D eigenvalue weighted by molar-refractivity contribution is -0.384. The van der Waals surface area contributed by atoms with Gasteiger partial charge in [-0.3, -0.25) is 0 Å². The van der Waals surface area contributed by atoms with Gasteiger partial charge in [0.1, 0.15) is 61.0 Å². The van der Waals surface area contributed by atoms with Gasteiger partial charge in [0.05, 0.1) is 18.8 Å². The highest BCUT2D eigenvalue weighted by molar-refractivity contribution is 4.95. The summed E-state index contributed by atoms with van der Waals surface area (Å²) in [6.07, 6.45) is -22.6. The van der Waals surface area contributed by atoms with E-state index in [4.69, 9.17) is 23.7 Å². The van der Waals surface area contributed by atoms with Crippen LogP contribution >= 0.6 is 0 Å². The molecule has 0 aromatic carbocycles. The van der Waals surface area contributed by atoms with Gasteiger partial charge in [-0.2, -0.15) is 0 Å². The molecule has 14 nitrogen and oxygen atoms in total. The Bertz CT molecular complexity index is 608. The highest BCUT2D eigenvalue weighted by Gasteiger charge is 2.52. The van der Waals surface area contributed by atoms with Gasteiger partial charge in [0.25, 0.3) is 0 Å². The fourth-order valence-electron chi connectivity index (χ4n) is 3.92. The summed E-state index contributed by atoms with van der Waals surface area (Å²) >= 11 is 0. The molecule has 0 unspecified atom stereocenters. The third kappa shape index (κ3) is 4.94. The van der Waals surface area contributed by atoms with Gasteiger partial charge in [0.2, 0.25) is 0 Å². The van der Waals surface area contributed by atoms with Crippen LogP contribution in [-0.2, 0) is 23.7 Å². The van der Waals surface area contributed by atoms with Crippen LogP contribution in [-0.4, -0.2) is 145 Å². The van der Waals surface area contributed by atoms with Crippen molar-refractivity contribution in [3.63, 3.8) is 0 Å². The summed E-state index contributed by atoms with van der Waals surface area (Å²) in [6.45, 7) is 2.13. The van der Waals surface area contributed by atoms with Crippen molar-refractivity contribution in [1.29, 1.82) is 0 Å². The number of ether oxygens (including phenoxy) is 5. The summed E-state index contributed by atoms with van der Waals surface area (Å²) in [7, 11) is 0. The molecular weight excluding hydrogens is 440 g/mol. The molecule has 188 valence electrons. The molecule has 0 bridgehead atoms. The molecule has 0 saturated carbocycles. The fraction of sp³-hybridized carbons (Fsp3) is 1.00. The minimum atomic E-state index is -1.79. The lowest BCUT2D eigenvalue weighted by atomic mass is 9.96. The van der Waals surface area contributed by atoms with Crippen LogP contribution in [0.25, 0.3) is 0 Å². The molecule has 3 aliphatic rings. The molecule has 3 fully saturated rings. The van der Waals surface area contributed by atoms with Gasteiger partial charge in [-0.15, -0.1) is 0 Å². The van der Waals surface area contributed by atoms with Gasteiger partial charge in [-0.1, -0.05) is 0 Å². The van der Waals surface area contributed by atoms with Crippen molar-refractivity contribution < 1.29 is 69.6 Å². The third-order valence-electron chi connectivity index (χ3n) is 6.02. The molecule has 0 aromatic rings. The Balaban J connectivity index is 1.79. The Kier molecular flexibility index (Phi) is 8.44. The van der Waals surface area contributed by atoms with Gasteiger partial charge in [0, 0.05) is 0 Å². The van der Waals surface area contributed by atoms with Gasteiger partial charge in [0.15, 0.2) is 18.9 Å². The standard InChI is InChI=1S/C18H32O14/c1-4-7(20)10(23)12(25)17(29-4)32-15-14(8(21)5(2)28-16(15)27)31-18-13(26)11(24)9(22)6(3-19)30-18/h4-27H,3H2,1-2H3/t4-,5+,6+,7-,8-,9+,10+,11-,12+,13+,14-,15+,16+,17-,18-/m0/s1.